The fraction of sp³-hybridized carbons (Fsp3) is 0.739. The minimum atomic E-state index is 1.00. The van der Waals surface area contributed by atoms with Gasteiger partial charge < -0.3 is 0 Å². The van der Waals surface area contributed by atoms with Crippen LogP contribution in [0.15, 0.2) is 34.4 Å². The van der Waals surface area contributed by atoms with Crippen LogP contribution in [0.1, 0.15) is 105 Å². The molecule has 0 fully saturated rings. The predicted molar refractivity (Wildman–Crippen MR) is 119 cm³/mol. The lowest BCUT2D eigenvalue weighted by Crippen LogP contribution is -2.00. The van der Waals surface area contributed by atoms with Crippen LogP contribution >= 0.6 is 12.8 Å². The second-order valence-corrected chi connectivity index (χ2v) is 8.20. The molecule has 146 valence electrons. The molecule has 0 saturated carbocycles. The molecular weight excluding hydrogens is 322 g/mol. The van der Waals surface area contributed by atoms with Crippen LogP contribution in [-0.2, 0) is 0 Å². The molecule has 0 aromatic heterocycles. The lowest BCUT2D eigenvalue weighted by Gasteiger charge is -2.12. The normalized spacial score (nSPS) is 13.5. The highest BCUT2D eigenvalue weighted by molar-refractivity contribution is 7.78. The van der Waals surface area contributed by atoms with Crippen LogP contribution in [0.4, 0.5) is 0 Å². The molecule has 0 spiro atoms. The van der Waals surface area contributed by atoms with Gasteiger partial charge in [0.25, 0.3) is 0 Å². The Bertz CT molecular complexity index is 431. The molecule has 0 aromatic carbocycles. The Morgan fingerprint density at radius 2 is 1.08 bits per heavy atom. The number of rotatable bonds is 15. The van der Waals surface area contributed by atoms with Gasteiger partial charge in [0.05, 0.1) is 0 Å². The Kier molecular flexibility index (Phi) is 15.5. The van der Waals surface area contributed by atoms with E-state index in [4.69, 9.17) is 0 Å². The number of unbranched alkanes of at least 4 members (excludes halogenated alkanes) is 5. The molecule has 0 amide bonds. The van der Waals surface area contributed by atoms with Crippen molar-refractivity contribution >= 4 is 12.8 Å². The minimum absolute atomic E-state index is 1.00. The monoisotopic (exact) mass is 365 g/mol. The van der Waals surface area contributed by atoms with Crippen LogP contribution in [-0.4, -0.2) is 6.54 Å². The lowest BCUT2D eigenvalue weighted by atomic mass is 9.95. The zero-order chi connectivity index (χ0) is 19.1. The van der Waals surface area contributed by atoms with Crippen molar-refractivity contribution in [2.45, 2.75) is 105 Å². The third-order valence-corrected chi connectivity index (χ3v) is 5.46. The van der Waals surface area contributed by atoms with Crippen LogP contribution < -0.4 is 4.72 Å². The molecule has 2 heteroatoms. The number of hydrogen-bond acceptors (Lipinski definition) is 2. The maximum Gasteiger partial charge on any atom is 0.00562 e. The first kappa shape index (κ1) is 24.5. The van der Waals surface area contributed by atoms with Gasteiger partial charge in [0.1, 0.15) is 0 Å². The molecule has 0 unspecified atom stereocenters. The van der Waals surface area contributed by atoms with E-state index in [0.29, 0.717) is 0 Å². The molecule has 1 N–H and O–H groups in total. The summed E-state index contributed by atoms with van der Waals surface area (Å²) in [7, 11) is 0. The van der Waals surface area contributed by atoms with E-state index >= 15 is 0 Å². The molecule has 0 rings (SSSR count). The van der Waals surface area contributed by atoms with Crippen molar-refractivity contribution in [3.63, 3.8) is 0 Å². The fourth-order valence-electron chi connectivity index (χ4n) is 3.07. The van der Waals surface area contributed by atoms with Gasteiger partial charge in [0.15, 0.2) is 0 Å². The zero-order valence-electron chi connectivity index (χ0n) is 17.6. The second kappa shape index (κ2) is 15.8. The molecule has 0 atom stereocenters. The zero-order valence-corrected chi connectivity index (χ0v) is 18.5. The molecule has 0 radical (unpaired) electrons. The largest absolute Gasteiger partial charge is 0.267 e. The summed E-state index contributed by atoms with van der Waals surface area (Å²) in [6.07, 6.45) is 14.1. The predicted octanol–water partition coefficient (Wildman–Crippen LogP) is 7.96. The first-order chi connectivity index (χ1) is 11.9. The van der Waals surface area contributed by atoms with Crippen molar-refractivity contribution in [2.75, 3.05) is 6.54 Å². The molecule has 0 heterocycles. The Labute approximate surface area is 164 Å². The number of thiol groups is 1. The maximum absolute atomic E-state index is 4.04. The summed E-state index contributed by atoms with van der Waals surface area (Å²) >= 11 is 4.04. The number of allylic oxidation sites excluding steroid dienone is 5. The highest BCUT2D eigenvalue weighted by atomic mass is 32.1. The molecule has 0 aliphatic carbocycles. The van der Waals surface area contributed by atoms with Gasteiger partial charge in [-0.1, -0.05) is 59.9 Å². The Morgan fingerprint density at radius 3 is 1.56 bits per heavy atom. The highest BCUT2D eigenvalue weighted by Crippen LogP contribution is 2.23. The van der Waals surface area contributed by atoms with Gasteiger partial charge >= 0.3 is 0 Å². The van der Waals surface area contributed by atoms with Gasteiger partial charge in [-0.05, 0) is 86.0 Å². The summed E-state index contributed by atoms with van der Waals surface area (Å²) in [6, 6.07) is 0. The van der Waals surface area contributed by atoms with Crippen molar-refractivity contribution in [3.8, 4) is 0 Å². The molecule has 1 nitrogen and oxygen atoms in total. The van der Waals surface area contributed by atoms with Gasteiger partial charge in [-0.2, -0.15) is 0 Å². The molecule has 0 saturated heterocycles. The van der Waals surface area contributed by atoms with Crippen molar-refractivity contribution < 1.29 is 0 Å². The van der Waals surface area contributed by atoms with E-state index in [-0.39, 0.29) is 0 Å². The van der Waals surface area contributed by atoms with Gasteiger partial charge in [0.2, 0.25) is 0 Å². The van der Waals surface area contributed by atoms with E-state index in [1.54, 1.807) is 22.3 Å². The Balaban J connectivity index is 4.06. The second-order valence-electron chi connectivity index (χ2n) is 7.89. The van der Waals surface area contributed by atoms with E-state index < -0.39 is 0 Å². The van der Waals surface area contributed by atoms with Crippen LogP contribution in [0.3, 0.4) is 0 Å². The van der Waals surface area contributed by atoms with E-state index in [2.05, 4.69) is 58.7 Å². The van der Waals surface area contributed by atoms with E-state index in [9.17, 15) is 0 Å². The number of nitrogens with one attached hydrogen (secondary N) is 1. The summed E-state index contributed by atoms with van der Waals surface area (Å²) < 4.78 is 2.93. The molecule has 25 heavy (non-hydrogen) atoms. The molecular formula is C23H43NS. The van der Waals surface area contributed by atoms with E-state index in [1.807, 2.05) is 0 Å². The van der Waals surface area contributed by atoms with Crippen molar-refractivity contribution in [3.05, 3.63) is 34.4 Å². The van der Waals surface area contributed by atoms with Crippen molar-refractivity contribution in [1.29, 1.82) is 0 Å². The van der Waals surface area contributed by atoms with Gasteiger partial charge in [-0.25, -0.2) is 0 Å². The van der Waals surface area contributed by atoms with Crippen LogP contribution in [0, 0.1) is 0 Å². The Morgan fingerprint density at radius 1 is 0.640 bits per heavy atom. The standard InChI is InChI=1S/C23H43NS/c1-19(2)14-10-8-7-9-11-15-20(3)22(5)18-23(6)21(4)16-12-13-17-24-25/h24-25H,1,7-18H2,2-6H3/b22-20-,23-21-. The minimum Gasteiger partial charge on any atom is -0.267 e. The summed E-state index contributed by atoms with van der Waals surface area (Å²) in [5.41, 5.74) is 7.65. The van der Waals surface area contributed by atoms with Crippen LogP contribution in [0.25, 0.3) is 0 Å². The van der Waals surface area contributed by atoms with Gasteiger partial charge in [-0.3, -0.25) is 4.72 Å². The summed E-state index contributed by atoms with van der Waals surface area (Å²) in [5.74, 6) is 0. The first-order valence-electron chi connectivity index (χ1n) is 10.2. The SMILES string of the molecule is C=C(C)CCCCCCC/C(C)=C(/C)C/C(C)=C(/C)CCCCNS. The van der Waals surface area contributed by atoms with Crippen molar-refractivity contribution in [2.24, 2.45) is 0 Å². The molecule has 0 aliphatic heterocycles. The van der Waals surface area contributed by atoms with Crippen LogP contribution in [0.5, 0.6) is 0 Å². The molecule has 0 bridgehead atoms. The fourth-order valence-corrected chi connectivity index (χ4v) is 3.23. The van der Waals surface area contributed by atoms with E-state index in [1.165, 1.54) is 69.8 Å². The average Bonchev–Trinajstić information content (AvgIpc) is 2.56. The third kappa shape index (κ3) is 14.4. The highest BCUT2D eigenvalue weighted by Gasteiger charge is 2.03. The Hall–Kier alpha value is -0.470. The van der Waals surface area contributed by atoms with Crippen molar-refractivity contribution in [1.82, 2.24) is 4.72 Å². The van der Waals surface area contributed by atoms with Gasteiger partial charge in [-0.15, -0.1) is 6.58 Å². The first-order valence-corrected chi connectivity index (χ1v) is 10.6. The smallest absolute Gasteiger partial charge is 0.00562 e. The van der Waals surface area contributed by atoms with E-state index in [0.717, 1.165) is 13.0 Å². The van der Waals surface area contributed by atoms with Gasteiger partial charge in [0, 0.05) is 6.54 Å². The maximum atomic E-state index is 4.04. The summed E-state index contributed by atoms with van der Waals surface area (Å²) in [6.45, 7) is 16.4. The third-order valence-electron chi connectivity index (χ3n) is 5.23. The quantitative estimate of drug-likeness (QED) is 0.170. The topological polar surface area (TPSA) is 12.0 Å². The number of hydrogen-bond donors (Lipinski definition) is 2. The summed E-state index contributed by atoms with van der Waals surface area (Å²) in [4.78, 5) is 0. The average molecular weight is 366 g/mol. The molecule has 0 aromatic rings. The van der Waals surface area contributed by atoms with Crippen LogP contribution in [0.2, 0.25) is 0 Å². The molecule has 0 aliphatic rings. The summed E-state index contributed by atoms with van der Waals surface area (Å²) in [5, 5.41) is 0. The lowest BCUT2D eigenvalue weighted by molar-refractivity contribution is 0.610.